The molecule has 3 aromatic rings. The van der Waals surface area contributed by atoms with Crippen LogP contribution >= 0.6 is 11.3 Å². The van der Waals surface area contributed by atoms with Crippen LogP contribution in [-0.2, 0) is 0 Å². The lowest BCUT2D eigenvalue weighted by atomic mass is 10.1. The van der Waals surface area contributed by atoms with Crippen molar-refractivity contribution in [1.82, 2.24) is 15.0 Å². The van der Waals surface area contributed by atoms with Crippen molar-refractivity contribution in [3.8, 4) is 11.4 Å². The highest BCUT2D eigenvalue weighted by molar-refractivity contribution is 7.18. The Balaban J connectivity index is 2.30. The number of nitrogens with zero attached hydrogens (tertiary/aromatic N) is 3. The molecule has 3 aromatic heterocycles. The fourth-order valence-corrected chi connectivity index (χ4v) is 3.16. The fraction of sp³-hybridized carbons (Fsp3) is 0.214. The van der Waals surface area contributed by atoms with E-state index in [4.69, 9.17) is 5.73 Å². The summed E-state index contributed by atoms with van der Waals surface area (Å²) in [6.45, 7) is 6.14. The summed E-state index contributed by atoms with van der Waals surface area (Å²) in [5, 5.41) is 0.984. The highest BCUT2D eigenvalue weighted by atomic mass is 32.1. The summed E-state index contributed by atoms with van der Waals surface area (Å²) in [6, 6.07) is 1.92. The monoisotopic (exact) mass is 270 g/mol. The van der Waals surface area contributed by atoms with E-state index in [1.165, 1.54) is 10.4 Å². The van der Waals surface area contributed by atoms with Crippen LogP contribution in [0.3, 0.4) is 0 Å². The minimum absolute atomic E-state index is 0.554. The van der Waals surface area contributed by atoms with Gasteiger partial charge in [0.15, 0.2) is 5.82 Å². The van der Waals surface area contributed by atoms with Crippen molar-refractivity contribution in [2.24, 2.45) is 0 Å². The third kappa shape index (κ3) is 1.86. The summed E-state index contributed by atoms with van der Waals surface area (Å²) < 4.78 is 0. The van der Waals surface area contributed by atoms with Gasteiger partial charge in [-0.15, -0.1) is 11.3 Å². The number of fused-ring (bicyclic) bond motifs is 1. The lowest BCUT2D eigenvalue weighted by molar-refractivity contribution is 1.20. The highest BCUT2D eigenvalue weighted by Gasteiger charge is 2.14. The van der Waals surface area contributed by atoms with Gasteiger partial charge in [0.05, 0.1) is 5.39 Å². The molecule has 3 heterocycles. The summed E-state index contributed by atoms with van der Waals surface area (Å²) in [6.07, 6.45) is 3.56. The van der Waals surface area contributed by atoms with Crippen LogP contribution in [0, 0.1) is 20.8 Å². The highest BCUT2D eigenvalue weighted by Crippen LogP contribution is 2.33. The lowest BCUT2D eigenvalue weighted by Gasteiger charge is -2.05. The van der Waals surface area contributed by atoms with E-state index in [9.17, 15) is 0 Å². The van der Waals surface area contributed by atoms with E-state index in [0.29, 0.717) is 11.6 Å². The van der Waals surface area contributed by atoms with Crippen molar-refractivity contribution >= 4 is 27.4 Å². The predicted molar refractivity (Wildman–Crippen MR) is 79.3 cm³/mol. The van der Waals surface area contributed by atoms with Crippen molar-refractivity contribution < 1.29 is 0 Å². The van der Waals surface area contributed by atoms with Gasteiger partial charge in [0, 0.05) is 22.8 Å². The number of aromatic nitrogens is 3. The summed E-state index contributed by atoms with van der Waals surface area (Å²) in [5.74, 6) is 1.23. The van der Waals surface area contributed by atoms with Crippen LogP contribution in [-0.4, -0.2) is 15.0 Å². The summed E-state index contributed by atoms with van der Waals surface area (Å²) in [4.78, 5) is 15.4. The zero-order valence-corrected chi connectivity index (χ0v) is 11.9. The van der Waals surface area contributed by atoms with Crippen LogP contribution in [0.5, 0.6) is 0 Å². The van der Waals surface area contributed by atoms with Gasteiger partial charge in [0.2, 0.25) is 0 Å². The molecule has 4 nitrogen and oxygen atoms in total. The molecule has 0 saturated carbocycles. The van der Waals surface area contributed by atoms with E-state index >= 15 is 0 Å². The molecule has 0 aliphatic carbocycles. The molecule has 0 fully saturated rings. The molecule has 19 heavy (non-hydrogen) atoms. The third-order valence-electron chi connectivity index (χ3n) is 3.32. The van der Waals surface area contributed by atoms with E-state index in [0.717, 1.165) is 21.3 Å². The van der Waals surface area contributed by atoms with E-state index in [1.807, 2.05) is 19.2 Å². The van der Waals surface area contributed by atoms with Crippen molar-refractivity contribution in [3.63, 3.8) is 0 Å². The molecule has 0 radical (unpaired) electrons. The molecule has 0 bridgehead atoms. The van der Waals surface area contributed by atoms with Gasteiger partial charge in [-0.05, 0) is 38.0 Å². The molecule has 0 saturated heterocycles. The second kappa shape index (κ2) is 4.28. The smallest absolute Gasteiger partial charge is 0.163 e. The molecule has 3 rings (SSSR count). The van der Waals surface area contributed by atoms with E-state index in [2.05, 4.69) is 28.8 Å². The van der Waals surface area contributed by atoms with E-state index in [1.54, 1.807) is 17.5 Å². The first kappa shape index (κ1) is 12.0. The zero-order valence-electron chi connectivity index (χ0n) is 11.1. The number of hydrogen-bond donors (Lipinski definition) is 1. The zero-order chi connectivity index (χ0) is 13.6. The standard InChI is InChI=1S/C14H14N4S/c1-7-6-16-5-4-10(7)13-17-12(15)11-8(2)9(3)19-14(11)18-13/h4-6H,1-3H3,(H2,15,17,18). The topological polar surface area (TPSA) is 64.7 Å². The number of nitrogen functional groups attached to an aromatic ring is 1. The molecular weight excluding hydrogens is 256 g/mol. The molecule has 0 aliphatic rings. The van der Waals surface area contributed by atoms with Crippen LogP contribution in [0.1, 0.15) is 16.0 Å². The van der Waals surface area contributed by atoms with Crippen molar-refractivity contribution in [2.45, 2.75) is 20.8 Å². The van der Waals surface area contributed by atoms with Gasteiger partial charge in [0.25, 0.3) is 0 Å². The normalized spacial score (nSPS) is 11.1. The maximum Gasteiger partial charge on any atom is 0.163 e. The van der Waals surface area contributed by atoms with Crippen molar-refractivity contribution in [2.75, 3.05) is 5.73 Å². The van der Waals surface area contributed by atoms with Crippen molar-refractivity contribution in [1.29, 1.82) is 0 Å². The lowest BCUT2D eigenvalue weighted by Crippen LogP contribution is -1.98. The van der Waals surface area contributed by atoms with Crippen LogP contribution in [0.2, 0.25) is 0 Å². The summed E-state index contributed by atoms with van der Waals surface area (Å²) in [5.41, 5.74) is 9.30. The Morgan fingerprint density at radius 1 is 1.16 bits per heavy atom. The minimum Gasteiger partial charge on any atom is -0.383 e. The van der Waals surface area contributed by atoms with Gasteiger partial charge < -0.3 is 5.73 Å². The maximum absolute atomic E-state index is 6.10. The fourth-order valence-electron chi connectivity index (χ4n) is 2.13. The molecule has 0 amide bonds. The van der Waals surface area contributed by atoms with Crippen LogP contribution in [0.4, 0.5) is 5.82 Å². The average Bonchev–Trinajstić information content (AvgIpc) is 2.66. The quantitative estimate of drug-likeness (QED) is 0.737. The Kier molecular flexibility index (Phi) is 2.71. The van der Waals surface area contributed by atoms with Crippen LogP contribution in [0.25, 0.3) is 21.6 Å². The first-order chi connectivity index (χ1) is 9.08. The van der Waals surface area contributed by atoms with Gasteiger partial charge in [-0.3, -0.25) is 4.98 Å². The number of rotatable bonds is 1. The molecule has 96 valence electrons. The number of hydrogen-bond acceptors (Lipinski definition) is 5. The predicted octanol–water partition coefficient (Wildman–Crippen LogP) is 3.26. The van der Waals surface area contributed by atoms with Crippen LogP contribution in [0.15, 0.2) is 18.5 Å². The van der Waals surface area contributed by atoms with Gasteiger partial charge >= 0.3 is 0 Å². The third-order valence-corrected chi connectivity index (χ3v) is 4.42. The largest absolute Gasteiger partial charge is 0.383 e. The second-order valence-corrected chi connectivity index (χ2v) is 5.79. The first-order valence-corrected chi connectivity index (χ1v) is 6.83. The Morgan fingerprint density at radius 3 is 2.68 bits per heavy atom. The number of aryl methyl sites for hydroxylation is 3. The molecule has 0 spiro atoms. The van der Waals surface area contributed by atoms with Gasteiger partial charge in [-0.2, -0.15) is 0 Å². The maximum atomic E-state index is 6.10. The summed E-state index contributed by atoms with van der Waals surface area (Å²) >= 11 is 1.66. The van der Waals surface area contributed by atoms with Crippen LogP contribution < -0.4 is 5.73 Å². The van der Waals surface area contributed by atoms with Gasteiger partial charge in [-0.1, -0.05) is 0 Å². The molecule has 0 aromatic carbocycles. The number of pyridine rings is 1. The van der Waals surface area contributed by atoms with E-state index < -0.39 is 0 Å². The average molecular weight is 270 g/mol. The molecule has 0 aliphatic heterocycles. The molecule has 0 unspecified atom stereocenters. The number of anilines is 1. The summed E-state index contributed by atoms with van der Waals surface area (Å²) in [7, 11) is 0. The number of thiophene rings is 1. The van der Waals surface area contributed by atoms with Crippen molar-refractivity contribution in [3.05, 3.63) is 34.5 Å². The molecular formula is C14H14N4S. The van der Waals surface area contributed by atoms with E-state index in [-0.39, 0.29) is 0 Å². The minimum atomic E-state index is 0.554. The van der Waals surface area contributed by atoms with Gasteiger partial charge in [0.1, 0.15) is 10.6 Å². The Bertz CT molecular complexity index is 776. The molecule has 0 atom stereocenters. The number of nitrogens with two attached hydrogens (primary N) is 1. The van der Waals surface area contributed by atoms with Gasteiger partial charge in [-0.25, -0.2) is 9.97 Å². The SMILES string of the molecule is Cc1cnccc1-c1nc(N)c2c(C)c(C)sc2n1. The Hall–Kier alpha value is -2.01. The molecule has 5 heteroatoms. The first-order valence-electron chi connectivity index (χ1n) is 6.02. The molecule has 2 N–H and O–H groups in total. The second-order valence-electron chi connectivity index (χ2n) is 4.59. The Morgan fingerprint density at radius 2 is 1.95 bits per heavy atom. The Labute approximate surface area is 115 Å².